The minimum absolute atomic E-state index is 0.232. The van der Waals surface area contributed by atoms with Gasteiger partial charge in [0.1, 0.15) is 5.82 Å². The van der Waals surface area contributed by atoms with Crippen LogP contribution < -0.4 is 5.32 Å². The van der Waals surface area contributed by atoms with Crippen LogP contribution >= 0.6 is 23.1 Å². The summed E-state index contributed by atoms with van der Waals surface area (Å²) in [6, 6.07) is 5.12. The Hall–Kier alpha value is -0.810. The Morgan fingerprint density at radius 2 is 2.35 bits per heavy atom. The highest BCUT2D eigenvalue weighted by Gasteiger charge is 2.07. The van der Waals surface area contributed by atoms with Crippen LogP contribution in [0.25, 0.3) is 10.2 Å². The van der Waals surface area contributed by atoms with Gasteiger partial charge in [-0.25, -0.2) is 9.37 Å². The Kier molecular flexibility index (Phi) is 4.23. The van der Waals surface area contributed by atoms with Gasteiger partial charge in [0.2, 0.25) is 0 Å². The second kappa shape index (κ2) is 5.69. The smallest absolute Gasteiger partial charge is 0.184 e. The van der Waals surface area contributed by atoms with Crippen molar-refractivity contribution < 1.29 is 4.39 Å². The molecule has 2 nitrogen and oxygen atoms in total. The Labute approximate surface area is 109 Å². The van der Waals surface area contributed by atoms with Crippen LogP contribution in [-0.2, 0) is 0 Å². The fraction of sp³-hybridized carbons (Fsp3) is 0.417. The van der Waals surface area contributed by atoms with Gasteiger partial charge in [-0.1, -0.05) is 11.3 Å². The molecule has 0 aliphatic rings. The predicted octanol–water partition coefficient (Wildman–Crippen LogP) is 3.99. The molecule has 1 heterocycles. The van der Waals surface area contributed by atoms with Gasteiger partial charge in [-0.2, -0.15) is 11.8 Å². The van der Waals surface area contributed by atoms with Crippen molar-refractivity contribution in [1.82, 2.24) is 4.98 Å². The predicted molar refractivity (Wildman–Crippen MR) is 75.7 cm³/mol. The van der Waals surface area contributed by atoms with E-state index in [2.05, 4.69) is 23.5 Å². The number of fused-ring (bicyclic) bond motifs is 1. The SMILES string of the molecule is CSCCC(C)Nc1nc2cc(F)ccc2s1. The summed E-state index contributed by atoms with van der Waals surface area (Å²) in [7, 11) is 0. The van der Waals surface area contributed by atoms with E-state index >= 15 is 0 Å². The molecule has 0 radical (unpaired) electrons. The second-order valence-electron chi connectivity index (χ2n) is 3.96. The number of nitrogens with zero attached hydrogens (tertiary/aromatic N) is 1. The number of thioether (sulfide) groups is 1. The molecule has 2 rings (SSSR count). The van der Waals surface area contributed by atoms with Gasteiger partial charge in [0.15, 0.2) is 5.13 Å². The van der Waals surface area contributed by atoms with Gasteiger partial charge in [0, 0.05) is 12.1 Å². The number of nitrogens with one attached hydrogen (secondary N) is 1. The Balaban J connectivity index is 2.08. The Bertz CT molecular complexity index is 498. The van der Waals surface area contributed by atoms with Crippen molar-refractivity contribution in [2.75, 3.05) is 17.3 Å². The van der Waals surface area contributed by atoms with Gasteiger partial charge >= 0.3 is 0 Å². The lowest BCUT2D eigenvalue weighted by Gasteiger charge is -2.11. The van der Waals surface area contributed by atoms with E-state index in [1.807, 2.05) is 11.8 Å². The third-order valence-electron chi connectivity index (χ3n) is 2.47. The molecule has 0 aliphatic carbocycles. The molecule has 0 amide bonds. The van der Waals surface area contributed by atoms with Crippen molar-refractivity contribution in [3.63, 3.8) is 0 Å². The zero-order chi connectivity index (χ0) is 12.3. The monoisotopic (exact) mass is 270 g/mol. The molecule has 0 saturated heterocycles. The summed E-state index contributed by atoms with van der Waals surface area (Å²) in [5.74, 6) is 0.901. The summed E-state index contributed by atoms with van der Waals surface area (Å²) in [6.07, 6.45) is 3.21. The van der Waals surface area contributed by atoms with Crippen LogP contribution in [0.2, 0.25) is 0 Å². The quantitative estimate of drug-likeness (QED) is 0.889. The number of thiazole rings is 1. The van der Waals surface area contributed by atoms with Crippen molar-refractivity contribution in [3.05, 3.63) is 24.0 Å². The van der Waals surface area contributed by atoms with E-state index in [9.17, 15) is 4.39 Å². The zero-order valence-electron chi connectivity index (χ0n) is 9.87. The number of halogens is 1. The van der Waals surface area contributed by atoms with Crippen LogP contribution in [-0.4, -0.2) is 23.0 Å². The van der Waals surface area contributed by atoms with Gasteiger partial charge in [-0.3, -0.25) is 0 Å². The number of hydrogen-bond donors (Lipinski definition) is 1. The van der Waals surface area contributed by atoms with Crippen molar-refractivity contribution in [2.24, 2.45) is 0 Å². The first-order valence-corrected chi connectivity index (χ1v) is 7.71. The van der Waals surface area contributed by atoms with Crippen LogP contribution in [0.3, 0.4) is 0 Å². The summed E-state index contributed by atoms with van der Waals surface area (Å²) >= 11 is 3.41. The van der Waals surface area contributed by atoms with Gasteiger partial charge in [0.05, 0.1) is 10.2 Å². The fourth-order valence-electron chi connectivity index (χ4n) is 1.54. The maximum absolute atomic E-state index is 13.0. The highest BCUT2D eigenvalue weighted by molar-refractivity contribution is 7.98. The number of aromatic nitrogens is 1. The molecule has 0 bridgehead atoms. The molecule has 0 aliphatic heterocycles. The van der Waals surface area contributed by atoms with Crippen LogP contribution in [0, 0.1) is 5.82 Å². The Morgan fingerprint density at radius 3 is 3.12 bits per heavy atom. The van der Waals surface area contributed by atoms with E-state index in [4.69, 9.17) is 0 Å². The van der Waals surface area contributed by atoms with Gasteiger partial charge in [0.25, 0.3) is 0 Å². The summed E-state index contributed by atoms with van der Waals surface area (Å²) in [4.78, 5) is 4.38. The maximum Gasteiger partial charge on any atom is 0.184 e. The van der Waals surface area contributed by atoms with Gasteiger partial charge in [-0.05, 0) is 37.5 Å². The first-order valence-electron chi connectivity index (χ1n) is 5.50. The second-order valence-corrected chi connectivity index (χ2v) is 5.97. The summed E-state index contributed by atoms with van der Waals surface area (Å²) in [5.41, 5.74) is 0.731. The summed E-state index contributed by atoms with van der Waals surface area (Å²) in [5, 5.41) is 4.23. The molecular weight excluding hydrogens is 255 g/mol. The third kappa shape index (κ3) is 3.33. The molecule has 2 aromatic rings. The number of anilines is 1. The molecule has 1 aromatic heterocycles. The van der Waals surface area contributed by atoms with E-state index in [-0.39, 0.29) is 5.82 Å². The zero-order valence-corrected chi connectivity index (χ0v) is 11.5. The van der Waals surface area contributed by atoms with Crippen molar-refractivity contribution in [3.8, 4) is 0 Å². The normalized spacial score (nSPS) is 12.9. The standard InChI is InChI=1S/C12H15FN2S2/c1-8(5-6-16-2)14-12-15-10-7-9(13)3-4-11(10)17-12/h3-4,7-8H,5-6H2,1-2H3,(H,14,15). The van der Waals surface area contributed by atoms with E-state index in [0.717, 1.165) is 27.5 Å². The average Bonchev–Trinajstić information content (AvgIpc) is 2.67. The van der Waals surface area contributed by atoms with E-state index in [0.29, 0.717) is 6.04 Å². The third-order valence-corrected chi connectivity index (χ3v) is 4.09. The lowest BCUT2D eigenvalue weighted by atomic mass is 10.3. The molecule has 0 saturated carbocycles. The molecule has 1 N–H and O–H groups in total. The molecule has 1 atom stereocenters. The molecule has 92 valence electrons. The van der Waals surface area contributed by atoms with Crippen molar-refractivity contribution in [1.29, 1.82) is 0 Å². The Morgan fingerprint density at radius 1 is 1.53 bits per heavy atom. The number of benzene rings is 1. The minimum atomic E-state index is -0.232. The van der Waals surface area contributed by atoms with E-state index in [1.165, 1.54) is 12.1 Å². The highest BCUT2D eigenvalue weighted by atomic mass is 32.2. The summed E-state index contributed by atoms with van der Waals surface area (Å²) in [6.45, 7) is 2.14. The van der Waals surface area contributed by atoms with Gasteiger partial charge < -0.3 is 5.32 Å². The van der Waals surface area contributed by atoms with Crippen LogP contribution in [0.4, 0.5) is 9.52 Å². The lowest BCUT2D eigenvalue weighted by molar-refractivity contribution is 0.629. The van der Waals surface area contributed by atoms with Crippen LogP contribution in [0.15, 0.2) is 18.2 Å². The summed E-state index contributed by atoms with van der Waals surface area (Å²) < 4.78 is 14.0. The molecule has 0 fully saturated rings. The molecule has 17 heavy (non-hydrogen) atoms. The molecule has 0 spiro atoms. The molecule has 1 aromatic carbocycles. The minimum Gasteiger partial charge on any atom is -0.359 e. The number of hydrogen-bond acceptors (Lipinski definition) is 4. The van der Waals surface area contributed by atoms with Crippen LogP contribution in [0.5, 0.6) is 0 Å². The topological polar surface area (TPSA) is 24.9 Å². The largest absolute Gasteiger partial charge is 0.359 e. The van der Waals surface area contributed by atoms with E-state index < -0.39 is 0 Å². The first kappa shape index (κ1) is 12.6. The number of rotatable bonds is 5. The van der Waals surface area contributed by atoms with Crippen molar-refractivity contribution >= 4 is 38.4 Å². The lowest BCUT2D eigenvalue weighted by Crippen LogP contribution is -2.15. The molecular formula is C12H15FN2S2. The first-order chi connectivity index (χ1) is 8.19. The van der Waals surface area contributed by atoms with Crippen LogP contribution in [0.1, 0.15) is 13.3 Å². The molecule has 1 unspecified atom stereocenters. The fourth-order valence-corrected chi connectivity index (χ4v) is 3.09. The average molecular weight is 270 g/mol. The van der Waals surface area contributed by atoms with Gasteiger partial charge in [-0.15, -0.1) is 0 Å². The highest BCUT2D eigenvalue weighted by Crippen LogP contribution is 2.27. The van der Waals surface area contributed by atoms with E-state index in [1.54, 1.807) is 17.4 Å². The molecule has 5 heteroatoms. The van der Waals surface area contributed by atoms with Crippen molar-refractivity contribution in [2.45, 2.75) is 19.4 Å². The maximum atomic E-state index is 13.0.